The summed E-state index contributed by atoms with van der Waals surface area (Å²) in [6.45, 7) is 12.2. The van der Waals surface area contributed by atoms with E-state index < -0.39 is 0 Å². The fourth-order valence-corrected chi connectivity index (χ4v) is 3.27. The van der Waals surface area contributed by atoms with Gasteiger partial charge in [-0.1, -0.05) is 13.0 Å². The number of halogens is 1. The molecule has 0 amide bonds. The monoisotopic (exact) mass is 490 g/mol. The topological polar surface area (TPSA) is 58.1 Å². The first-order chi connectivity index (χ1) is 12.5. The molecule has 27 heavy (non-hydrogen) atoms. The van der Waals surface area contributed by atoms with Crippen LogP contribution in [-0.2, 0) is 6.54 Å². The number of nitrogens with one attached hydrogen (secondary N) is 2. The van der Waals surface area contributed by atoms with Crippen molar-refractivity contribution in [3.8, 4) is 11.5 Å². The summed E-state index contributed by atoms with van der Waals surface area (Å²) in [5.41, 5.74) is 1.12. The number of aliphatic imine (C=N–C) groups is 1. The van der Waals surface area contributed by atoms with Gasteiger partial charge in [0.25, 0.3) is 0 Å². The third-order valence-electron chi connectivity index (χ3n) is 4.90. The Morgan fingerprint density at radius 1 is 1.30 bits per heavy atom. The number of hydrogen-bond acceptors (Lipinski definition) is 4. The Bertz CT molecular complexity index is 610. The first kappa shape index (κ1) is 23.8. The van der Waals surface area contributed by atoms with E-state index in [0.29, 0.717) is 31.2 Å². The fourth-order valence-electron chi connectivity index (χ4n) is 3.27. The van der Waals surface area contributed by atoms with Crippen LogP contribution in [0.5, 0.6) is 11.5 Å². The molecule has 1 aromatic rings. The van der Waals surface area contributed by atoms with Gasteiger partial charge < -0.3 is 20.1 Å². The van der Waals surface area contributed by atoms with Crippen LogP contribution >= 0.6 is 24.0 Å². The molecular weight excluding hydrogens is 455 g/mol. The molecular formula is C20H35IN4O2. The molecule has 0 aliphatic carbocycles. The van der Waals surface area contributed by atoms with Crippen molar-refractivity contribution in [1.82, 2.24) is 15.5 Å². The minimum atomic E-state index is 0. The molecule has 0 spiro atoms. The molecule has 1 heterocycles. The molecule has 0 bridgehead atoms. The second-order valence-electron chi connectivity index (χ2n) is 7.12. The van der Waals surface area contributed by atoms with Crippen LogP contribution in [0.15, 0.2) is 23.2 Å². The zero-order valence-corrected chi connectivity index (χ0v) is 19.7. The maximum Gasteiger partial charge on any atom is 0.191 e. The Morgan fingerprint density at radius 3 is 2.59 bits per heavy atom. The lowest BCUT2D eigenvalue weighted by molar-refractivity contribution is 0.265. The van der Waals surface area contributed by atoms with Crippen LogP contribution in [0.1, 0.15) is 33.3 Å². The van der Waals surface area contributed by atoms with Gasteiger partial charge >= 0.3 is 0 Å². The molecule has 2 rings (SSSR count). The van der Waals surface area contributed by atoms with E-state index in [9.17, 15) is 0 Å². The minimum absolute atomic E-state index is 0. The van der Waals surface area contributed by atoms with Gasteiger partial charge in [-0.25, -0.2) is 0 Å². The summed E-state index contributed by atoms with van der Waals surface area (Å²) in [7, 11) is 3.48. The lowest BCUT2D eigenvalue weighted by Crippen LogP contribution is -2.46. The molecule has 1 aromatic carbocycles. The molecule has 2 atom stereocenters. The second-order valence-corrected chi connectivity index (χ2v) is 7.12. The van der Waals surface area contributed by atoms with Gasteiger partial charge in [-0.15, -0.1) is 24.0 Å². The maximum atomic E-state index is 5.57. The van der Waals surface area contributed by atoms with E-state index in [0.717, 1.165) is 36.1 Å². The van der Waals surface area contributed by atoms with Crippen molar-refractivity contribution in [1.29, 1.82) is 0 Å². The highest BCUT2D eigenvalue weighted by Gasteiger charge is 2.31. The van der Waals surface area contributed by atoms with E-state index in [1.54, 1.807) is 7.11 Å². The van der Waals surface area contributed by atoms with Gasteiger partial charge in [-0.2, -0.15) is 0 Å². The Balaban J connectivity index is 0.00000364. The fraction of sp³-hybridized carbons (Fsp3) is 0.650. The molecule has 2 unspecified atom stereocenters. The van der Waals surface area contributed by atoms with Crippen LogP contribution in [0, 0.1) is 5.92 Å². The number of rotatable bonds is 7. The van der Waals surface area contributed by atoms with Crippen molar-refractivity contribution in [2.75, 3.05) is 33.9 Å². The van der Waals surface area contributed by atoms with Gasteiger partial charge in [-0.3, -0.25) is 9.89 Å². The molecule has 0 aromatic heterocycles. The Kier molecular flexibility index (Phi) is 10.2. The summed E-state index contributed by atoms with van der Waals surface area (Å²) in [5.74, 6) is 2.96. The van der Waals surface area contributed by atoms with Crippen LogP contribution in [0.4, 0.5) is 0 Å². The van der Waals surface area contributed by atoms with Crippen LogP contribution < -0.4 is 20.1 Å². The third kappa shape index (κ3) is 6.71. The predicted octanol–water partition coefficient (Wildman–Crippen LogP) is 3.11. The Hall–Kier alpha value is -1.22. The standard InChI is InChI=1S/C20H34N4O2.HI/c1-7-26-18-9-8-16(10-19(18)25-6)11-22-20(21-5)23-17-13-24(14(2)3)12-15(17)4;/h8-10,14-15,17H,7,11-13H2,1-6H3,(H2,21,22,23);1H. The number of nitrogens with zero attached hydrogens (tertiary/aromatic N) is 2. The van der Waals surface area contributed by atoms with Gasteiger partial charge in [0.2, 0.25) is 0 Å². The lowest BCUT2D eigenvalue weighted by Gasteiger charge is -2.22. The van der Waals surface area contributed by atoms with Crippen LogP contribution in [0.3, 0.4) is 0 Å². The molecule has 7 heteroatoms. The smallest absolute Gasteiger partial charge is 0.191 e. The van der Waals surface area contributed by atoms with E-state index in [-0.39, 0.29) is 24.0 Å². The predicted molar refractivity (Wildman–Crippen MR) is 123 cm³/mol. The molecule has 0 radical (unpaired) electrons. The van der Waals surface area contributed by atoms with Gasteiger partial charge in [-0.05, 0) is 44.4 Å². The number of likely N-dealkylation sites (tertiary alicyclic amines) is 1. The number of methoxy groups -OCH3 is 1. The van der Waals surface area contributed by atoms with Crippen LogP contribution in [0.25, 0.3) is 0 Å². The average molecular weight is 490 g/mol. The summed E-state index contributed by atoms with van der Waals surface area (Å²) in [6, 6.07) is 7.00. The van der Waals surface area contributed by atoms with Gasteiger partial charge in [0.1, 0.15) is 0 Å². The van der Waals surface area contributed by atoms with Gasteiger partial charge in [0.05, 0.1) is 13.7 Å². The highest BCUT2D eigenvalue weighted by atomic mass is 127. The Labute approximate surface area is 181 Å². The van der Waals surface area contributed by atoms with E-state index in [2.05, 4.69) is 41.3 Å². The van der Waals surface area contributed by atoms with Crippen molar-refractivity contribution in [3.05, 3.63) is 23.8 Å². The van der Waals surface area contributed by atoms with Crippen LogP contribution in [-0.4, -0.2) is 56.8 Å². The normalized spacial score (nSPS) is 20.3. The van der Waals surface area contributed by atoms with Crippen molar-refractivity contribution < 1.29 is 9.47 Å². The summed E-state index contributed by atoms with van der Waals surface area (Å²) >= 11 is 0. The van der Waals surface area contributed by atoms with E-state index >= 15 is 0 Å². The number of guanidine groups is 1. The van der Waals surface area contributed by atoms with Gasteiger partial charge in [0, 0.05) is 38.8 Å². The van der Waals surface area contributed by atoms with Crippen LogP contribution in [0.2, 0.25) is 0 Å². The van der Waals surface area contributed by atoms with E-state index in [1.165, 1.54) is 0 Å². The molecule has 0 saturated carbocycles. The van der Waals surface area contributed by atoms with Crippen molar-refractivity contribution >= 4 is 29.9 Å². The zero-order chi connectivity index (χ0) is 19.1. The molecule has 1 saturated heterocycles. The molecule has 1 fully saturated rings. The van der Waals surface area contributed by atoms with Gasteiger partial charge in [0.15, 0.2) is 17.5 Å². The number of hydrogen-bond donors (Lipinski definition) is 2. The van der Waals surface area contributed by atoms with Crippen molar-refractivity contribution in [2.24, 2.45) is 10.9 Å². The quantitative estimate of drug-likeness (QED) is 0.350. The molecule has 1 aliphatic heterocycles. The van der Waals surface area contributed by atoms with E-state index in [1.807, 2.05) is 32.2 Å². The van der Waals surface area contributed by atoms with E-state index in [4.69, 9.17) is 9.47 Å². The summed E-state index contributed by atoms with van der Waals surface area (Å²) in [4.78, 5) is 6.89. The minimum Gasteiger partial charge on any atom is -0.493 e. The summed E-state index contributed by atoms with van der Waals surface area (Å²) in [5, 5.41) is 6.98. The third-order valence-corrected chi connectivity index (χ3v) is 4.90. The highest BCUT2D eigenvalue weighted by molar-refractivity contribution is 14.0. The average Bonchev–Trinajstić information content (AvgIpc) is 3.00. The molecule has 1 aliphatic rings. The summed E-state index contributed by atoms with van der Waals surface area (Å²) in [6.07, 6.45) is 0. The van der Waals surface area contributed by atoms with Crippen molar-refractivity contribution in [2.45, 2.75) is 46.3 Å². The van der Waals surface area contributed by atoms with Crippen molar-refractivity contribution in [3.63, 3.8) is 0 Å². The largest absolute Gasteiger partial charge is 0.493 e. The maximum absolute atomic E-state index is 5.57. The Morgan fingerprint density at radius 2 is 2.04 bits per heavy atom. The SMILES string of the molecule is CCOc1ccc(CNC(=NC)NC2CN(C(C)C)CC2C)cc1OC.I. The molecule has 2 N–H and O–H groups in total. The lowest BCUT2D eigenvalue weighted by atomic mass is 10.1. The number of benzene rings is 1. The first-order valence-electron chi connectivity index (χ1n) is 9.49. The summed E-state index contributed by atoms with van der Waals surface area (Å²) < 4.78 is 11.0. The number of ether oxygens (including phenoxy) is 2. The highest BCUT2D eigenvalue weighted by Crippen LogP contribution is 2.28. The zero-order valence-electron chi connectivity index (χ0n) is 17.4. The second kappa shape index (κ2) is 11.6. The molecule has 154 valence electrons. The first-order valence-corrected chi connectivity index (χ1v) is 9.49. The molecule has 6 nitrogen and oxygen atoms in total.